The molecule has 100 valence electrons. The van der Waals surface area contributed by atoms with Crippen molar-refractivity contribution in [1.29, 1.82) is 0 Å². The molecule has 18 heavy (non-hydrogen) atoms. The molecule has 0 fully saturated rings. The highest BCUT2D eigenvalue weighted by Gasteiger charge is 2.05. The number of carbonyl (C=O) groups is 1. The highest BCUT2D eigenvalue weighted by atomic mass is 16.3. The van der Waals surface area contributed by atoms with Crippen molar-refractivity contribution >= 4 is 5.91 Å². The van der Waals surface area contributed by atoms with Crippen molar-refractivity contribution in [2.75, 3.05) is 6.54 Å². The molecule has 1 aromatic carbocycles. The van der Waals surface area contributed by atoms with Gasteiger partial charge in [-0.05, 0) is 24.1 Å². The summed E-state index contributed by atoms with van der Waals surface area (Å²) in [7, 11) is 0. The lowest BCUT2D eigenvalue weighted by atomic mass is 10.1. The van der Waals surface area contributed by atoms with Gasteiger partial charge >= 0.3 is 0 Å². The molecule has 4 nitrogen and oxygen atoms in total. The van der Waals surface area contributed by atoms with Crippen molar-refractivity contribution in [2.24, 2.45) is 0 Å². The Balaban J connectivity index is 2.29. The summed E-state index contributed by atoms with van der Waals surface area (Å²) in [5.41, 5.74) is 0.691. The maximum absolute atomic E-state index is 11.6. The second-order valence-corrected chi connectivity index (χ2v) is 4.41. The molecular weight excluding hydrogens is 230 g/mol. The molecule has 0 aliphatic carbocycles. The predicted molar refractivity (Wildman–Crippen MR) is 70.6 cm³/mol. The topological polar surface area (TPSA) is 69.6 Å². The number of phenols is 2. The molecular formula is C14H21NO3. The fourth-order valence-electron chi connectivity index (χ4n) is 1.71. The molecule has 1 aromatic rings. The van der Waals surface area contributed by atoms with E-state index in [-0.39, 0.29) is 23.8 Å². The molecule has 1 amide bonds. The Morgan fingerprint density at radius 2 is 1.94 bits per heavy atom. The Labute approximate surface area is 108 Å². The van der Waals surface area contributed by atoms with Gasteiger partial charge in [0.05, 0.1) is 6.42 Å². The van der Waals surface area contributed by atoms with Crippen LogP contribution in [0.3, 0.4) is 0 Å². The van der Waals surface area contributed by atoms with Crippen LogP contribution in [0.4, 0.5) is 0 Å². The third kappa shape index (κ3) is 5.08. The first-order valence-electron chi connectivity index (χ1n) is 6.41. The number of nitrogens with one attached hydrogen (secondary N) is 1. The number of hydrogen-bond acceptors (Lipinski definition) is 3. The van der Waals surface area contributed by atoms with E-state index >= 15 is 0 Å². The molecule has 0 saturated carbocycles. The number of benzene rings is 1. The smallest absolute Gasteiger partial charge is 0.224 e. The summed E-state index contributed by atoms with van der Waals surface area (Å²) in [6.07, 6.45) is 4.74. The minimum atomic E-state index is -0.191. The first kappa shape index (κ1) is 14.4. The minimum absolute atomic E-state index is 0.0587. The van der Waals surface area contributed by atoms with Crippen molar-refractivity contribution in [3.8, 4) is 11.5 Å². The Hall–Kier alpha value is -1.71. The van der Waals surface area contributed by atoms with Crippen LogP contribution in [0.25, 0.3) is 0 Å². The summed E-state index contributed by atoms with van der Waals surface area (Å²) in [5, 5.41) is 21.3. The quantitative estimate of drug-likeness (QED) is 0.514. The normalized spacial score (nSPS) is 10.3. The van der Waals surface area contributed by atoms with Crippen LogP contribution in [-0.4, -0.2) is 22.7 Å². The van der Waals surface area contributed by atoms with Gasteiger partial charge in [0, 0.05) is 6.54 Å². The standard InChI is InChI=1S/C14H21NO3/c1-2-3-4-5-8-15-14(18)10-11-6-7-12(16)13(17)9-11/h6-7,9,16-17H,2-5,8,10H2,1H3,(H,15,18). The maximum atomic E-state index is 11.6. The van der Waals surface area contributed by atoms with Gasteiger partial charge in [-0.25, -0.2) is 0 Å². The van der Waals surface area contributed by atoms with Crippen molar-refractivity contribution in [3.63, 3.8) is 0 Å². The van der Waals surface area contributed by atoms with Crippen LogP contribution in [0.15, 0.2) is 18.2 Å². The van der Waals surface area contributed by atoms with E-state index in [2.05, 4.69) is 12.2 Å². The molecule has 3 N–H and O–H groups in total. The number of amides is 1. The van der Waals surface area contributed by atoms with E-state index in [0.717, 1.165) is 12.8 Å². The van der Waals surface area contributed by atoms with Crippen molar-refractivity contribution in [1.82, 2.24) is 5.32 Å². The predicted octanol–water partition coefficient (Wildman–Crippen LogP) is 2.34. The third-order valence-electron chi connectivity index (χ3n) is 2.76. The van der Waals surface area contributed by atoms with Crippen molar-refractivity contribution < 1.29 is 15.0 Å². The second-order valence-electron chi connectivity index (χ2n) is 4.41. The van der Waals surface area contributed by atoms with Gasteiger partial charge in [-0.15, -0.1) is 0 Å². The van der Waals surface area contributed by atoms with E-state index in [9.17, 15) is 9.90 Å². The molecule has 1 rings (SSSR count). The van der Waals surface area contributed by atoms with Crippen LogP contribution >= 0.6 is 0 Å². The molecule has 0 aliphatic rings. The van der Waals surface area contributed by atoms with Gasteiger partial charge in [-0.2, -0.15) is 0 Å². The fourth-order valence-corrected chi connectivity index (χ4v) is 1.71. The Kier molecular flexibility index (Phi) is 6.05. The lowest BCUT2D eigenvalue weighted by Gasteiger charge is -2.06. The van der Waals surface area contributed by atoms with Crippen LogP contribution in [0, 0.1) is 0 Å². The second kappa shape index (κ2) is 7.58. The number of hydrogen-bond donors (Lipinski definition) is 3. The minimum Gasteiger partial charge on any atom is -0.504 e. The summed E-state index contributed by atoms with van der Waals surface area (Å²) < 4.78 is 0. The summed E-state index contributed by atoms with van der Waals surface area (Å²) in [6.45, 7) is 2.85. The third-order valence-corrected chi connectivity index (χ3v) is 2.76. The molecule has 0 unspecified atom stereocenters. The molecule has 0 radical (unpaired) electrons. The van der Waals surface area contributed by atoms with E-state index in [1.54, 1.807) is 6.07 Å². The van der Waals surface area contributed by atoms with Gasteiger partial charge in [0.1, 0.15) is 0 Å². The van der Waals surface area contributed by atoms with E-state index < -0.39 is 0 Å². The number of rotatable bonds is 7. The number of phenolic OH excluding ortho intramolecular Hbond substituents is 2. The molecule has 0 bridgehead atoms. The SMILES string of the molecule is CCCCCCNC(=O)Cc1ccc(O)c(O)c1. The van der Waals surface area contributed by atoms with Crippen LogP contribution in [0.1, 0.15) is 38.2 Å². The van der Waals surface area contributed by atoms with Crippen molar-refractivity contribution in [3.05, 3.63) is 23.8 Å². The first-order valence-corrected chi connectivity index (χ1v) is 6.41. The van der Waals surface area contributed by atoms with E-state index in [1.165, 1.54) is 25.0 Å². The first-order chi connectivity index (χ1) is 8.63. The van der Waals surface area contributed by atoms with Gasteiger partial charge in [0.25, 0.3) is 0 Å². The molecule has 0 heterocycles. The van der Waals surface area contributed by atoms with Crippen LogP contribution < -0.4 is 5.32 Å². The highest BCUT2D eigenvalue weighted by molar-refractivity contribution is 5.78. The van der Waals surface area contributed by atoms with Crippen LogP contribution in [0.2, 0.25) is 0 Å². The number of carbonyl (C=O) groups excluding carboxylic acids is 1. The Morgan fingerprint density at radius 1 is 1.17 bits per heavy atom. The van der Waals surface area contributed by atoms with Gasteiger partial charge in [-0.1, -0.05) is 32.3 Å². The summed E-state index contributed by atoms with van der Waals surface area (Å²) in [6, 6.07) is 4.43. The summed E-state index contributed by atoms with van der Waals surface area (Å²) >= 11 is 0. The summed E-state index contributed by atoms with van der Waals surface area (Å²) in [5.74, 6) is -0.418. The maximum Gasteiger partial charge on any atom is 0.224 e. The monoisotopic (exact) mass is 251 g/mol. The lowest BCUT2D eigenvalue weighted by molar-refractivity contribution is -0.120. The van der Waals surface area contributed by atoms with E-state index in [1.807, 2.05) is 0 Å². The lowest BCUT2D eigenvalue weighted by Crippen LogP contribution is -2.26. The van der Waals surface area contributed by atoms with Crippen LogP contribution in [0.5, 0.6) is 11.5 Å². The molecule has 4 heteroatoms. The van der Waals surface area contributed by atoms with Crippen LogP contribution in [-0.2, 0) is 11.2 Å². The molecule has 0 saturated heterocycles. The zero-order valence-electron chi connectivity index (χ0n) is 10.8. The van der Waals surface area contributed by atoms with Gasteiger partial charge in [0.15, 0.2) is 11.5 Å². The van der Waals surface area contributed by atoms with Gasteiger partial charge in [-0.3, -0.25) is 4.79 Å². The zero-order chi connectivity index (χ0) is 13.4. The van der Waals surface area contributed by atoms with E-state index in [4.69, 9.17) is 5.11 Å². The molecule has 0 atom stereocenters. The molecule has 0 aliphatic heterocycles. The summed E-state index contributed by atoms with van der Waals surface area (Å²) in [4.78, 5) is 11.6. The van der Waals surface area contributed by atoms with Gasteiger partial charge in [0.2, 0.25) is 5.91 Å². The number of unbranched alkanes of at least 4 members (excludes halogenated alkanes) is 3. The van der Waals surface area contributed by atoms with E-state index in [0.29, 0.717) is 12.1 Å². The fraction of sp³-hybridized carbons (Fsp3) is 0.500. The highest BCUT2D eigenvalue weighted by Crippen LogP contribution is 2.24. The van der Waals surface area contributed by atoms with Crippen molar-refractivity contribution in [2.45, 2.75) is 39.0 Å². The average Bonchev–Trinajstić information content (AvgIpc) is 2.34. The number of aromatic hydroxyl groups is 2. The zero-order valence-corrected chi connectivity index (χ0v) is 10.8. The Morgan fingerprint density at radius 3 is 2.61 bits per heavy atom. The molecule has 0 spiro atoms. The largest absolute Gasteiger partial charge is 0.504 e. The molecule has 0 aromatic heterocycles. The Bertz CT molecular complexity index is 391. The van der Waals surface area contributed by atoms with Gasteiger partial charge < -0.3 is 15.5 Å². The average molecular weight is 251 g/mol.